The molecule has 0 bridgehead atoms. The third-order valence-corrected chi connectivity index (χ3v) is 3.96. The molecule has 0 unspecified atom stereocenters. The Morgan fingerprint density at radius 2 is 1.95 bits per heavy atom. The van der Waals surface area contributed by atoms with Crippen molar-refractivity contribution in [3.05, 3.63) is 44.1 Å². The first-order valence-electron chi connectivity index (χ1n) is 5.67. The first-order chi connectivity index (χ1) is 9.45. The van der Waals surface area contributed by atoms with E-state index in [-0.39, 0.29) is 5.69 Å². The highest BCUT2D eigenvalue weighted by Gasteiger charge is 2.20. The smallest absolute Gasteiger partial charge is 0.350 e. The Kier molecular flexibility index (Phi) is 3.71. The fourth-order valence-corrected chi connectivity index (χ4v) is 2.93. The largest absolute Gasteiger partial charge is 0.465 e. The number of nitrogens with zero attached hydrogens (tertiary/aromatic N) is 1. The summed E-state index contributed by atoms with van der Waals surface area (Å²) in [6.45, 7) is 1.84. The van der Waals surface area contributed by atoms with Gasteiger partial charge in [0.15, 0.2) is 0 Å². The van der Waals surface area contributed by atoms with E-state index in [1.807, 2.05) is 6.92 Å². The first-order valence-corrected chi connectivity index (χ1v) is 6.49. The van der Waals surface area contributed by atoms with Crippen LogP contribution in [-0.2, 0) is 4.74 Å². The summed E-state index contributed by atoms with van der Waals surface area (Å²) in [5, 5.41) is 10.6. The molecule has 0 saturated carbocycles. The molecule has 0 aliphatic heterocycles. The van der Waals surface area contributed by atoms with E-state index >= 15 is 0 Å². The van der Waals surface area contributed by atoms with Crippen LogP contribution in [0, 0.1) is 17.0 Å². The Balaban J connectivity index is 2.50. The lowest BCUT2D eigenvalue weighted by atomic mass is 10.0. The average Bonchev–Trinajstić information content (AvgIpc) is 2.73. The van der Waals surface area contributed by atoms with Crippen LogP contribution in [0.1, 0.15) is 14.5 Å². The number of carbonyl (C=O) groups is 1. The minimum Gasteiger partial charge on any atom is -0.465 e. The number of aryl methyl sites for hydroxylation is 1. The van der Waals surface area contributed by atoms with E-state index in [9.17, 15) is 14.9 Å². The third kappa shape index (κ3) is 2.35. The van der Waals surface area contributed by atoms with Crippen LogP contribution in [0.25, 0.3) is 11.1 Å². The molecule has 6 nitrogen and oxygen atoms in total. The lowest BCUT2D eigenvalue weighted by Crippen LogP contribution is -2.02. The van der Waals surface area contributed by atoms with Gasteiger partial charge in [-0.05, 0) is 24.6 Å². The van der Waals surface area contributed by atoms with Gasteiger partial charge in [-0.25, -0.2) is 4.79 Å². The van der Waals surface area contributed by atoms with Crippen LogP contribution in [0.5, 0.6) is 0 Å². The minimum atomic E-state index is -0.483. The molecule has 7 heteroatoms. The highest BCUT2D eigenvalue weighted by molar-refractivity contribution is 7.15. The fourth-order valence-electron chi connectivity index (χ4n) is 1.92. The molecular weight excluding hydrogens is 280 g/mol. The van der Waals surface area contributed by atoms with Gasteiger partial charge in [0, 0.05) is 22.6 Å². The molecule has 0 radical (unpaired) electrons. The van der Waals surface area contributed by atoms with Gasteiger partial charge in [0.1, 0.15) is 4.88 Å². The van der Waals surface area contributed by atoms with Crippen LogP contribution in [-0.4, -0.2) is 18.0 Å². The second-order valence-corrected chi connectivity index (χ2v) is 5.30. The number of rotatable bonds is 3. The summed E-state index contributed by atoms with van der Waals surface area (Å²) in [6, 6.07) is 6.04. The van der Waals surface area contributed by atoms with Crippen molar-refractivity contribution < 1.29 is 14.5 Å². The van der Waals surface area contributed by atoms with Crippen molar-refractivity contribution in [3.63, 3.8) is 0 Å². The van der Waals surface area contributed by atoms with Crippen LogP contribution in [0.15, 0.2) is 24.3 Å². The van der Waals surface area contributed by atoms with Gasteiger partial charge in [0.2, 0.25) is 0 Å². The molecule has 0 aliphatic carbocycles. The topological polar surface area (TPSA) is 95.5 Å². The van der Waals surface area contributed by atoms with Crippen molar-refractivity contribution in [2.24, 2.45) is 0 Å². The van der Waals surface area contributed by atoms with E-state index < -0.39 is 10.9 Å². The number of hydrogen-bond acceptors (Lipinski definition) is 6. The van der Waals surface area contributed by atoms with Crippen molar-refractivity contribution in [2.45, 2.75) is 6.92 Å². The zero-order chi connectivity index (χ0) is 14.9. The number of methoxy groups -OCH3 is 1. The van der Waals surface area contributed by atoms with Gasteiger partial charge in [-0.3, -0.25) is 10.1 Å². The molecule has 2 aromatic rings. The zero-order valence-corrected chi connectivity index (χ0v) is 11.7. The zero-order valence-electron chi connectivity index (χ0n) is 10.9. The van der Waals surface area contributed by atoms with Gasteiger partial charge < -0.3 is 10.5 Å². The second kappa shape index (κ2) is 5.30. The number of nitro benzene ring substituents is 1. The summed E-state index contributed by atoms with van der Waals surface area (Å²) in [5.41, 5.74) is 7.78. The molecule has 20 heavy (non-hydrogen) atoms. The summed E-state index contributed by atoms with van der Waals surface area (Å²) < 4.78 is 4.67. The maximum absolute atomic E-state index is 11.6. The van der Waals surface area contributed by atoms with Crippen LogP contribution in [0.3, 0.4) is 0 Å². The molecule has 1 heterocycles. The van der Waals surface area contributed by atoms with Crippen molar-refractivity contribution in [3.8, 4) is 11.1 Å². The SMILES string of the molecule is COC(=O)c1sc(C)c(-c2ccc([N+](=O)[O-])cc2)c1N. The Morgan fingerprint density at radius 1 is 1.35 bits per heavy atom. The summed E-state index contributed by atoms with van der Waals surface area (Å²) >= 11 is 1.25. The van der Waals surface area contributed by atoms with Crippen molar-refractivity contribution >= 4 is 28.7 Å². The molecule has 0 saturated heterocycles. The van der Waals surface area contributed by atoms with Gasteiger partial charge in [0.05, 0.1) is 17.7 Å². The van der Waals surface area contributed by atoms with Gasteiger partial charge in [-0.2, -0.15) is 0 Å². The molecule has 1 aromatic heterocycles. The summed E-state index contributed by atoms with van der Waals surface area (Å²) in [4.78, 5) is 23.0. The van der Waals surface area contributed by atoms with Crippen LogP contribution in [0.2, 0.25) is 0 Å². The number of nitrogen functional groups attached to an aromatic ring is 1. The van der Waals surface area contributed by atoms with Crippen LogP contribution < -0.4 is 5.73 Å². The molecule has 0 atom stereocenters. The quantitative estimate of drug-likeness (QED) is 0.533. The maximum atomic E-state index is 11.6. The standard InChI is InChI=1S/C13H12N2O4S/c1-7-10(11(14)12(20-7)13(16)19-2)8-3-5-9(6-4-8)15(17)18/h3-6H,14H2,1-2H3. The number of esters is 1. The first kappa shape index (κ1) is 14.0. The highest BCUT2D eigenvalue weighted by atomic mass is 32.1. The van der Waals surface area contributed by atoms with E-state index in [1.165, 1.54) is 30.6 Å². The van der Waals surface area contributed by atoms with E-state index in [4.69, 9.17) is 5.73 Å². The number of thiophene rings is 1. The second-order valence-electron chi connectivity index (χ2n) is 4.07. The molecule has 0 fully saturated rings. The molecule has 2 rings (SSSR count). The number of anilines is 1. The molecular formula is C13H12N2O4S. The average molecular weight is 292 g/mol. The Hall–Kier alpha value is -2.41. The maximum Gasteiger partial charge on any atom is 0.350 e. The number of hydrogen-bond donors (Lipinski definition) is 1. The van der Waals surface area contributed by atoms with Gasteiger partial charge >= 0.3 is 5.97 Å². The van der Waals surface area contributed by atoms with Gasteiger partial charge in [-0.1, -0.05) is 0 Å². The monoisotopic (exact) mass is 292 g/mol. The lowest BCUT2D eigenvalue weighted by Gasteiger charge is -2.03. The summed E-state index contributed by atoms with van der Waals surface area (Å²) in [5.74, 6) is -0.483. The fraction of sp³-hybridized carbons (Fsp3) is 0.154. The predicted octanol–water partition coefficient (Wildman–Crippen LogP) is 3.00. The minimum absolute atomic E-state index is 0.00777. The number of benzene rings is 1. The molecule has 0 amide bonds. The molecule has 0 aliphatic rings. The van der Waals surface area contributed by atoms with E-state index in [0.29, 0.717) is 16.1 Å². The number of nitro groups is 1. The van der Waals surface area contributed by atoms with Gasteiger partial charge in [-0.15, -0.1) is 11.3 Å². The van der Waals surface area contributed by atoms with E-state index in [1.54, 1.807) is 12.1 Å². The molecule has 0 spiro atoms. The number of nitrogens with two attached hydrogens (primary N) is 1. The molecule has 104 valence electrons. The predicted molar refractivity (Wildman–Crippen MR) is 76.9 cm³/mol. The van der Waals surface area contributed by atoms with Gasteiger partial charge in [0.25, 0.3) is 5.69 Å². The van der Waals surface area contributed by atoms with E-state index in [0.717, 1.165) is 10.4 Å². The van der Waals surface area contributed by atoms with Crippen molar-refractivity contribution in [1.82, 2.24) is 0 Å². The van der Waals surface area contributed by atoms with Crippen LogP contribution in [0.4, 0.5) is 11.4 Å². The summed E-state index contributed by atoms with van der Waals surface area (Å²) in [6.07, 6.45) is 0. The number of ether oxygens (including phenoxy) is 1. The number of non-ortho nitro benzene ring substituents is 1. The van der Waals surface area contributed by atoms with Crippen molar-refractivity contribution in [1.29, 1.82) is 0 Å². The highest BCUT2D eigenvalue weighted by Crippen LogP contribution is 2.39. The normalized spacial score (nSPS) is 10.3. The van der Waals surface area contributed by atoms with Crippen molar-refractivity contribution in [2.75, 3.05) is 12.8 Å². The van der Waals surface area contributed by atoms with E-state index in [2.05, 4.69) is 4.74 Å². The third-order valence-electron chi connectivity index (χ3n) is 2.86. The molecule has 1 aromatic carbocycles. The Bertz CT molecular complexity index is 676. The van der Waals surface area contributed by atoms with Crippen LogP contribution >= 0.6 is 11.3 Å². The number of carbonyl (C=O) groups excluding carboxylic acids is 1. The Labute approximate surface area is 118 Å². The lowest BCUT2D eigenvalue weighted by molar-refractivity contribution is -0.384. The Morgan fingerprint density at radius 3 is 2.45 bits per heavy atom. The molecule has 2 N–H and O–H groups in total. The summed E-state index contributed by atoms with van der Waals surface area (Å²) in [7, 11) is 1.29.